The van der Waals surface area contributed by atoms with E-state index in [9.17, 15) is 9.59 Å². The molecule has 3 atom stereocenters. The molecule has 7 heteroatoms. The monoisotopic (exact) mass is 478 g/mol. The minimum absolute atomic E-state index is 0.142. The number of ether oxygens (including phenoxy) is 1. The number of hydrogen-bond donors (Lipinski definition) is 2. The normalized spacial score (nSPS) is 19.6. The SMILES string of the molecule is COc1cccc(NC(=O)NCC2C=C(C)C(CC(=O)N(C)Cc3cccnc3)CC2C(C)C)c1. The number of nitrogens with zero attached hydrogens (tertiary/aromatic N) is 2. The molecule has 3 rings (SSSR count). The van der Waals surface area contributed by atoms with Crippen molar-refractivity contribution in [2.75, 3.05) is 26.0 Å². The lowest BCUT2D eigenvalue weighted by molar-refractivity contribution is -0.131. The Kier molecular flexibility index (Phi) is 9.29. The summed E-state index contributed by atoms with van der Waals surface area (Å²) in [7, 11) is 3.45. The fraction of sp³-hybridized carbons (Fsp3) is 0.464. The Bertz CT molecular complexity index is 1020. The van der Waals surface area contributed by atoms with Gasteiger partial charge in [0.2, 0.25) is 5.91 Å². The van der Waals surface area contributed by atoms with Crippen LogP contribution < -0.4 is 15.4 Å². The summed E-state index contributed by atoms with van der Waals surface area (Å²) in [4.78, 5) is 31.4. The van der Waals surface area contributed by atoms with Crippen molar-refractivity contribution in [1.29, 1.82) is 0 Å². The van der Waals surface area contributed by atoms with Crippen LogP contribution in [0.1, 0.15) is 39.2 Å². The number of carbonyl (C=O) groups excluding carboxylic acids is 2. The van der Waals surface area contributed by atoms with E-state index < -0.39 is 0 Å². The lowest BCUT2D eigenvalue weighted by atomic mass is 9.69. The van der Waals surface area contributed by atoms with Crippen molar-refractivity contribution in [1.82, 2.24) is 15.2 Å². The fourth-order valence-corrected chi connectivity index (χ4v) is 4.81. The van der Waals surface area contributed by atoms with Gasteiger partial charge in [0.1, 0.15) is 5.75 Å². The maximum atomic E-state index is 13.0. The molecule has 2 N–H and O–H groups in total. The summed E-state index contributed by atoms with van der Waals surface area (Å²) < 4.78 is 5.22. The summed E-state index contributed by atoms with van der Waals surface area (Å²) in [5.41, 5.74) is 2.94. The van der Waals surface area contributed by atoms with Crippen molar-refractivity contribution >= 4 is 17.6 Å². The minimum atomic E-state index is -0.235. The molecule has 0 fully saturated rings. The quantitative estimate of drug-likeness (QED) is 0.490. The Hall–Kier alpha value is -3.35. The number of benzene rings is 1. The van der Waals surface area contributed by atoms with Crippen LogP contribution >= 0.6 is 0 Å². The molecule has 35 heavy (non-hydrogen) atoms. The molecule has 2 aromatic rings. The molecule has 3 unspecified atom stereocenters. The number of allylic oxidation sites excluding steroid dienone is 1. The third kappa shape index (κ3) is 7.57. The van der Waals surface area contributed by atoms with E-state index in [-0.39, 0.29) is 23.8 Å². The lowest BCUT2D eigenvalue weighted by Crippen LogP contribution is -2.39. The molecule has 1 aliphatic carbocycles. The second-order valence-electron chi connectivity index (χ2n) is 9.80. The van der Waals surface area contributed by atoms with Gasteiger partial charge in [0.15, 0.2) is 0 Å². The average Bonchev–Trinajstić information content (AvgIpc) is 2.84. The van der Waals surface area contributed by atoms with E-state index in [1.165, 1.54) is 5.57 Å². The van der Waals surface area contributed by atoms with Gasteiger partial charge in [0.05, 0.1) is 7.11 Å². The van der Waals surface area contributed by atoms with E-state index in [0.717, 1.165) is 12.0 Å². The van der Waals surface area contributed by atoms with E-state index in [1.54, 1.807) is 30.5 Å². The molecule has 0 bridgehead atoms. The number of aromatic nitrogens is 1. The summed E-state index contributed by atoms with van der Waals surface area (Å²) in [6.07, 6.45) is 7.24. The first-order valence-electron chi connectivity index (χ1n) is 12.3. The van der Waals surface area contributed by atoms with Gasteiger partial charge in [-0.05, 0) is 60.8 Å². The predicted octanol–water partition coefficient (Wildman–Crippen LogP) is 5.12. The summed E-state index contributed by atoms with van der Waals surface area (Å²) in [5.74, 6) is 2.11. The molecule has 0 spiro atoms. The average molecular weight is 479 g/mol. The zero-order valence-corrected chi connectivity index (χ0v) is 21.5. The zero-order chi connectivity index (χ0) is 25.4. The van der Waals surface area contributed by atoms with Crippen LogP contribution in [-0.4, -0.2) is 42.5 Å². The number of anilines is 1. The van der Waals surface area contributed by atoms with E-state index in [2.05, 4.69) is 42.5 Å². The molecule has 3 amide bonds. The number of hydrogen-bond acceptors (Lipinski definition) is 4. The van der Waals surface area contributed by atoms with Gasteiger partial charge in [0, 0.05) is 50.7 Å². The molecule has 1 aromatic carbocycles. The highest BCUT2D eigenvalue weighted by Gasteiger charge is 2.33. The van der Waals surface area contributed by atoms with Crippen LogP contribution in [0.25, 0.3) is 0 Å². The van der Waals surface area contributed by atoms with Crippen molar-refractivity contribution in [3.8, 4) is 5.75 Å². The van der Waals surface area contributed by atoms with Crippen LogP contribution in [0.4, 0.5) is 10.5 Å². The number of rotatable bonds is 9. The molecule has 0 radical (unpaired) electrons. The molecule has 1 heterocycles. The van der Waals surface area contributed by atoms with Gasteiger partial charge in [-0.25, -0.2) is 4.79 Å². The summed E-state index contributed by atoms with van der Waals surface area (Å²) >= 11 is 0. The van der Waals surface area contributed by atoms with Crippen molar-refractivity contribution in [3.05, 3.63) is 66.0 Å². The van der Waals surface area contributed by atoms with Crippen molar-refractivity contribution in [3.63, 3.8) is 0 Å². The van der Waals surface area contributed by atoms with Crippen molar-refractivity contribution < 1.29 is 14.3 Å². The molecule has 188 valence electrons. The van der Waals surface area contributed by atoms with Crippen molar-refractivity contribution in [2.45, 2.75) is 40.2 Å². The third-order valence-electron chi connectivity index (χ3n) is 6.90. The Morgan fingerprint density at radius 2 is 2.03 bits per heavy atom. The molecule has 1 aromatic heterocycles. The van der Waals surface area contributed by atoms with Crippen molar-refractivity contribution in [2.24, 2.45) is 23.7 Å². The summed E-state index contributed by atoms with van der Waals surface area (Å²) in [6, 6.07) is 10.9. The van der Waals surface area contributed by atoms with Crippen LogP contribution in [0.3, 0.4) is 0 Å². The molecular formula is C28H38N4O3. The highest BCUT2D eigenvalue weighted by molar-refractivity contribution is 5.89. The Morgan fingerprint density at radius 3 is 2.71 bits per heavy atom. The van der Waals surface area contributed by atoms with Crippen LogP contribution in [0.15, 0.2) is 60.4 Å². The summed E-state index contributed by atoms with van der Waals surface area (Å²) in [6.45, 7) is 7.66. The van der Waals surface area contributed by atoms with Gasteiger partial charge < -0.3 is 20.3 Å². The van der Waals surface area contributed by atoms with Gasteiger partial charge >= 0.3 is 6.03 Å². The highest BCUT2D eigenvalue weighted by atomic mass is 16.5. The smallest absolute Gasteiger partial charge is 0.319 e. The number of nitrogens with one attached hydrogen (secondary N) is 2. The third-order valence-corrected chi connectivity index (χ3v) is 6.90. The molecule has 1 aliphatic rings. The highest BCUT2D eigenvalue weighted by Crippen LogP contribution is 2.39. The van der Waals surface area contributed by atoms with Crippen LogP contribution in [0, 0.1) is 23.7 Å². The van der Waals surface area contributed by atoms with Gasteiger partial charge in [-0.3, -0.25) is 9.78 Å². The first kappa shape index (κ1) is 26.3. The second-order valence-corrected chi connectivity index (χ2v) is 9.80. The number of amides is 3. The first-order chi connectivity index (χ1) is 16.8. The topological polar surface area (TPSA) is 83.6 Å². The van der Waals surface area contributed by atoms with E-state index in [4.69, 9.17) is 4.74 Å². The Morgan fingerprint density at radius 1 is 1.23 bits per heavy atom. The van der Waals surface area contributed by atoms with Crippen LogP contribution in [0.5, 0.6) is 5.75 Å². The van der Waals surface area contributed by atoms with E-state index >= 15 is 0 Å². The standard InChI is InChI=1S/C28H38N4O3/c1-19(2)26-13-22(14-27(33)32(4)18-21-8-7-11-29-16-21)20(3)12-23(26)17-30-28(34)31-24-9-6-10-25(15-24)35-5/h6-12,15-16,19,22-23,26H,13-14,17-18H2,1-5H3,(H2,30,31,34). The maximum absolute atomic E-state index is 13.0. The van der Waals surface area contributed by atoms with Gasteiger partial charge in [-0.15, -0.1) is 0 Å². The largest absolute Gasteiger partial charge is 0.497 e. The number of methoxy groups -OCH3 is 1. The Labute approximate surface area is 209 Å². The van der Waals surface area contributed by atoms with Crippen LogP contribution in [-0.2, 0) is 11.3 Å². The predicted molar refractivity (Wildman–Crippen MR) is 139 cm³/mol. The van der Waals surface area contributed by atoms with Crippen LogP contribution in [0.2, 0.25) is 0 Å². The minimum Gasteiger partial charge on any atom is -0.497 e. The molecule has 7 nitrogen and oxygen atoms in total. The maximum Gasteiger partial charge on any atom is 0.319 e. The number of pyridine rings is 1. The number of urea groups is 1. The lowest BCUT2D eigenvalue weighted by Gasteiger charge is -2.37. The van der Waals surface area contributed by atoms with E-state index in [0.29, 0.717) is 42.8 Å². The second kappa shape index (κ2) is 12.4. The zero-order valence-electron chi connectivity index (χ0n) is 21.5. The molecule has 0 saturated carbocycles. The van der Waals surface area contributed by atoms with Gasteiger partial charge in [-0.1, -0.05) is 37.6 Å². The van der Waals surface area contributed by atoms with E-state index in [1.807, 2.05) is 37.4 Å². The summed E-state index contributed by atoms with van der Waals surface area (Å²) in [5, 5.41) is 5.90. The molecule has 0 aliphatic heterocycles. The molecular weight excluding hydrogens is 440 g/mol. The first-order valence-corrected chi connectivity index (χ1v) is 12.3. The Balaban J connectivity index is 1.58. The van der Waals surface area contributed by atoms with Gasteiger partial charge in [-0.2, -0.15) is 0 Å². The number of carbonyl (C=O) groups is 2. The van der Waals surface area contributed by atoms with Gasteiger partial charge in [0.25, 0.3) is 0 Å². The molecule has 0 saturated heterocycles. The fourth-order valence-electron chi connectivity index (χ4n) is 4.81.